The van der Waals surface area contributed by atoms with Crippen LogP contribution in [0.3, 0.4) is 0 Å². The minimum Gasteiger partial charge on any atom is -0.481 e. The molecule has 1 aromatic heterocycles. The van der Waals surface area contributed by atoms with Gasteiger partial charge in [0, 0.05) is 18.7 Å². The lowest BCUT2D eigenvalue weighted by molar-refractivity contribution is -0.142. The summed E-state index contributed by atoms with van der Waals surface area (Å²) in [7, 11) is 0. The summed E-state index contributed by atoms with van der Waals surface area (Å²) in [6, 6.07) is 7.49. The van der Waals surface area contributed by atoms with E-state index < -0.39 is 11.9 Å². The molecule has 2 aliphatic rings. The zero-order valence-corrected chi connectivity index (χ0v) is 13.5. The number of hydrogen-bond acceptors (Lipinski definition) is 3. The Kier molecular flexibility index (Phi) is 3.78. The highest BCUT2D eigenvalue weighted by atomic mass is 19.1. The lowest BCUT2D eigenvalue weighted by Crippen LogP contribution is -2.30. The van der Waals surface area contributed by atoms with E-state index in [0.717, 1.165) is 12.8 Å². The molecule has 1 saturated carbocycles. The van der Waals surface area contributed by atoms with E-state index in [-0.39, 0.29) is 24.2 Å². The Balaban J connectivity index is 1.51. The van der Waals surface area contributed by atoms with Crippen LogP contribution in [0.4, 0.5) is 4.39 Å². The van der Waals surface area contributed by atoms with Crippen LogP contribution in [0, 0.1) is 23.6 Å². The molecule has 0 spiro atoms. The Morgan fingerprint density at radius 3 is 2.56 bits per heavy atom. The lowest BCUT2D eigenvalue weighted by Gasteiger charge is -2.14. The number of H-pyrrole nitrogens is 1. The summed E-state index contributed by atoms with van der Waals surface area (Å²) in [5, 5.41) is 16.3. The quantitative estimate of drug-likeness (QED) is 0.892. The third-order valence-corrected chi connectivity index (χ3v) is 5.15. The van der Waals surface area contributed by atoms with E-state index in [1.807, 2.05) is 0 Å². The van der Waals surface area contributed by atoms with Crippen molar-refractivity contribution in [3.8, 4) is 11.3 Å². The lowest BCUT2D eigenvalue weighted by atomic mass is 9.92. The monoisotopic (exact) mass is 343 g/mol. The van der Waals surface area contributed by atoms with Gasteiger partial charge in [-0.15, -0.1) is 0 Å². The number of hydrogen-bond donors (Lipinski definition) is 2. The molecule has 1 saturated heterocycles. The Labute approximate surface area is 143 Å². The molecule has 6 nitrogen and oxygen atoms in total. The molecular weight excluding hydrogens is 325 g/mol. The van der Waals surface area contributed by atoms with Gasteiger partial charge in [0.1, 0.15) is 11.5 Å². The van der Waals surface area contributed by atoms with E-state index in [1.165, 1.54) is 12.1 Å². The Morgan fingerprint density at radius 2 is 1.92 bits per heavy atom. The normalized spacial score (nSPS) is 23.0. The van der Waals surface area contributed by atoms with Crippen molar-refractivity contribution in [2.24, 2.45) is 17.8 Å². The Morgan fingerprint density at radius 1 is 1.20 bits per heavy atom. The zero-order chi connectivity index (χ0) is 17.6. The fourth-order valence-corrected chi connectivity index (χ4v) is 3.63. The van der Waals surface area contributed by atoms with Crippen molar-refractivity contribution in [1.29, 1.82) is 0 Å². The van der Waals surface area contributed by atoms with E-state index in [9.17, 15) is 19.1 Å². The zero-order valence-electron chi connectivity index (χ0n) is 13.5. The van der Waals surface area contributed by atoms with Gasteiger partial charge in [0.25, 0.3) is 5.91 Å². The smallest absolute Gasteiger partial charge is 0.308 e. The molecule has 1 amide bonds. The number of carbonyl (C=O) groups is 2. The van der Waals surface area contributed by atoms with Crippen LogP contribution in [0.2, 0.25) is 0 Å². The van der Waals surface area contributed by atoms with Crippen molar-refractivity contribution in [3.05, 3.63) is 41.8 Å². The number of carboxylic acids is 1. The van der Waals surface area contributed by atoms with Gasteiger partial charge in [0.05, 0.1) is 11.6 Å². The Bertz CT molecular complexity index is 813. The molecule has 2 N–H and O–H groups in total. The maximum absolute atomic E-state index is 13.0. The summed E-state index contributed by atoms with van der Waals surface area (Å²) < 4.78 is 13.0. The summed E-state index contributed by atoms with van der Waals surface area (Å²) in [5.41, 5.74) is 1.58. The highest BCUT2D eigenvalue weighted by Crippen LogP contribution is 2.44. The van der Waals surface area contributed by atoms with Crippen LogP contribution in [0.1, 0.15) is 23.3 Å². The number of aromatic nitrogens is 2. The average Bonchev–Trinajstić information content (AvgIpc) is 3.16. The first-order valence-corrected chi connectivity index (χ1v) is 8.36. The third-order valence-electron chi connectivity index (χ3n) is 5.15. The van der Waals surface area contributed by atoms with Crippen LogP contribution >= 0.6 is 0 Å². The van der Waals surface area contributed by atoms with Gasteiger partial charge in [-0.1, -0.05) is 0 Å². The SMILES string of the molecule is O=C(O)[C@H]1CN(C(=O)c2cc(-c3ccc(F)cc3)n[nH]2)C[C@@H]1C1CC1. The van der Waals surface area contributed by atoms with E-state index in [4.69, 9.17) is 0 Å². The highest BCUT2D eigenvalue weighted by molar-refractivity contribution is 5.94. The summed E-state index contributed by atoms with van der Waals surface area (Å²) in [4.78, 5) is 25.8. The van der Waals surface area contributed by atoms with Crippen molar-refractivity contribution in [3.63, 3.8) is 0 Å². The molecule has 0 bridgehead atoms. The van der Waals surface area contributed by atoms with Gasteiger partial charge in [0.2, 0.25) is 0 Å². The van der Waals surface area contributed by atoms with Crippen LogP contribution in [-0.2, 0) is 4.79 Å². The number of carbonyl (C=O) groups excluding carboxylic acids is 1. The average molecular weight is 343 g/mol. The van der Waals surface area contributed by atoms with Crippen LogP contribution in [0.15, 0.2) is 30.3 Å². The van der Waals surface area contributed by atoms with E-state index in [1.54, 1.807) is 23.1 Å². The van der Waals surface area contributed by atoms with Crippen molar-refractivity contribution in [2.45, 2.75) is 12.8 Å². The standard InChI is InChI=1S/C18H18FN3O3/c19-12-5-3-11(4-6-12)15-7-16(21-20-15)17(23)22-8-13(10-1-2-10)14(9-22)18(24)25/h3-7,10,13-14H,1-2,8-9H2,(H,20,21)(H,24,25)/t13-,14+/m1/s1. The predicted octanol–water partition coefficient (Wildman–Crippen LogP) is 2.40. The summed E-state index contributed by atoms with van der Waals surface area (Å²) in [6.45, 7) is 0.714. The fraction of sp³-hybridized carbons (Fsp3) is 0.389. The number of aromatic amines is 1. The van der Waals surface area contributed by atoms with Gasteiger partial charge in [0.15, 0.2) is 0 Å². The molecule has 25 heavy (non-hydrogen) atoms. The summed E-state index contributed by atoms with van der Waals surface area (Å²) in [5.74, 6) is -1.43. The first kappa shape index (κ1) is 15.8. The second kappa shape index (κ2) is 5.98. The number of nitrogens with one attached hydrogen (secondary N) is 1. The maximum atomic E-state index is 13.0. The van der Waals surface area contributed by atoms with Crippen LogP contribution in [0.25, 0.3) is 11.3 Å². The minimum absolute atomic E-state index is 0.0425. The number of amides is 1. The number of rotatable bonds is 4. The molecule has 2 heterocycles. The Hall–Kier alpha value is -2.70. The van der Waals surface area contributed by atoms with Crippen molar-refractivity contribution < 1.29 is 19.1 Å². The van der Waals surface area contributed by atoms with Gasteiger partial charge in [-0.05, 0) is 55.0 Å². The van der Waals surface area contributed by atoms with Gasteiger partial charge >= 0.3 is 5.97 Å². The third kappa shape index (κ3) is 3.01. The number of likely N-dealkylation sites (tertiary alicyclic amines) is 1. The van der Waals surface area contributed by atoms with Crippen LogP contribution in [-0.4, -0.2) is 45.2 Å². The summed E-state index contributed by atoms with van der Waals surface area (Å²) in [6.07, 6.45) is 2.10. The first-order valence-electron chi connectivity index (χ1n) is 8.36. The molecule has 1 aliphatic heterocycles. The fourth-order valence-electron chi connectivity index (χ4n) is 3.63. The molecule has 7 heteroatoms. The second-order valence-electron chi connectivity index (χ2n) is 6.83. The predicted molar refractivity (Wildman–Crippen MR) is 87.2 cm³/mol. The van der Waals surface area contributed by atoms with E-state index in [0.29, 0.717) is 29.4 Å². The molecule has 4 rings (SSSR count). The van der Waals surface area contributed by atoms with Gasteiger partial charge in [-0.25, -0.2) is 4.39 Å². The highest BCUT2D eigenvalue weighted by Gasteiger charge is 2.47. The van der Waals surface area contributed by atoms with Gasteiger partial charge in [-0.3, -0.25) is 14.7 Å². The van der Waals surface area contributed by atoms with Gasteiger partial charge < -0.3 is 10.0 Å². The number of nitrogens with zero attached hydrogens (tertiary/aromatic N) is 2. The topological polar surface area (TPSA) is 86.3 Å². The van der Waals surface area contributed by atoms with Gasteiger partial charge in [-0.2, -0.15) is 5.10 Å². The van der Waals surface area contributed by atoms with E-state index in [2.05, 4.69) is 10.2 Å². The second-order valence-corrected chi connectivity index (χ2v) is 6.83. The largest absolute Gasteiger partial charge is 0.481 e. The molecular formula is C18H18FN3O3. The summed E-state index contributed by atoms with van der Waals surface area (Å²) >= 11 is 0. The number of carboxylic acid groups (broad SMARTS) is 1. The van der Waals surface area contributed by atoms with Crippen LogP contribution in [0.5, 0.6) is 0 Å². The molecule has 2 fully saturated rings. The minimum atomic E-state index is -0.830. The number of benzene rings is 1. The first-order chi connectivity index (χ1) is 12.0. The molecule has 2 aromatic rings. The molecule has 0 unspecified atom stereocenters. The van der Waals surface area contributed by atoms with Crippen molar-refractivity contribution in [2.75, 3.05) is 13.1 Å². The molecule has 1 aliphatic carbocycles. The van der Waals surface area contributed by atoms with Crippen LogP contribution < -0.4 is 0 Å². The molecule has 130 valence electrons. The van der Waals surface area contributed by atoms with Crippen molar-refractivity contribution >= 4 is 11.9 Å². The van der Waals surface area contributed by atoms with E-state index >= 15 is 0 Å². The molecule has 1 aromatic carbocycles. The number of halogens is 1. The molecule has 2 atom stereocenters. The maximum Gasteiger partial charge on any atom is 0.308 e. The number of aliphatic carboxylic acids is 1. The van der Waals surface area contributed by atoms with Crippen molar-refractivity contribution in [1.82, 2.24) is 15.1 Å². The molecule has 0 radical (unpaired) electrons.